The van der Waals surface area contributed by atoms with Crippen LogP contribution in [-0.2, 0) is 5.41 Å². The second-order valence-corrected chi connectivity index (χ2v) is 5.94. The van der Waals surface area contributed by atoms with E-state index in [9.17, 15) is 0 Å². The minimum atomic E-state index is -0.0601. The average molecular weight is 276 g/mol. The number of pyridine rings is 1. The fourth-order valence-electron chi connectivity index (χ4n) is 2.10. The summed E-state index contributed by atoms with van der Waals surface area (Å²) in [4.78, 5) is 8.15. The molecular weight excluding hydrogens is 260 g/mol. The van der Waals surface area contributed by atoms with Gasteiger partial charge < -0.3 is 0 Å². The van der Waals surface area contributed by atoms with Crippen molar-refractivity contribution < 1.29 is 0 Å². The number of aromatic nitrogens is 4. The minimum Gasteiger partial charge on any atom is -0.256 e. The summed E-state index contributed by atoms with van der Waals surface area (Å²) in [6.45, 7) is 6.28. The van der Waals surface area contributed by atoms with Crippen molar-refractivity contribution in [1.29, 1.82) is 0 Å². The SMILES string of the molecule is C#Cc1c(C(C)(C)C)nn2cccnc12.c1cc2ncc1-2. The van der Waals surface area contributed by atoms with Crippen LogP contribution in [0.3, 0.4) is 0 Å². The molecule has 0 amide bonds. The van der Waals surface area contributed by atoms with Gasteiger partial charge in [0.2, 0.25) is 0 Å². The zero-order valence-corrected chi connectivity index (χ0v) is 12.3. The fraction of sp³-hybridized carbons (Fsp3) is 0.235. The lowest BCUT2D eigenvalue weighted by molar-refractivity contribution is 0.561. The van der Waals surface area contributed by atoms with Crippen molar-refractivity contribution in [2.75, 3.05) is 0 Å². The predicted molar refractivity (Wildman–Crippen MR) is 82.9 cm³/mol. The van der Waals surface area contributed by atoms with Gasteiger partial charge in [-0.15, -0.1) is 6.42 Å². The van der Waals surface area contributed by atoms with Gasteiger partial charge in [0, 0.05) is 29.6 Å². The molecule has 0 spiro atoms. The number of rotatable bonds is 0. The molecule has 21 heavy (non-hydrogen) atoms. The first-order chi connectivity index (χ1) is 10.0. The monoisotopic (exact) mass is 276 g/mol. The molecule has 0 saturated heterocycles. The highest BCUT2D eigenvalue weighted by molar-refractivity contribution is 5.68. The second kappa shape index (κ2) is 4.71. The third-order valence-electron chi connectivity index (χ3n) is 3.31. The van der Waals surface area contributed by atoms with Gasteiger partial charge in [0.25, 0.3) is 0 Å². The lowest BCUT2D eigenvalue weighted by Crippen LogP contribution is -2.13. The summed E-state index contributed by atoms with van der Waals surface area (Å²) < 4.78 is 1.73. The summed E-state index contributed by atoms with van der Waals surface area (Å²) in [6.07, 6.45) is 11.0. The predicted octanol–water partition coefficient (Wildman–Crippen LogP) is 3.07. The molecule has 0 aromatic carbocycles. The van der Waals surface area contributed by atoms with Crippen LogP contribution in [0.1, 0.15) is 32.0 Å². The van der Waals surface area contributed by atoms with Crippen molar-refractivity contribution in [2.45, 2.75) is 26.2 Å². The van der Waals surface area contributed by atoms with Gasteiger partial charge in [-0.2, -0.15) is 5.10 Å². The maximum Gasteiger partial charge on any atom is 0.171 e. The van der Waals surface area contributed by atoms with E-state index in [1.165, 1.54) is 11.3 Å². The highest BCUT2D eigenvalue weighted by atomic mass is 15.3. The first-order valence-corrected chi connectivity index (χ1v) is 6.77. The van der Waals surface area contributed by atoms with Crippen LogP contribution in [-0.4, -0.2) is 19.6 Å². The van der Waals surface area contributed by atoms with Gasteiger partial charge in [0.05, 0.1) is 17.0 Å². The van der Waals surface area contributed by atoms with Crippen molar-refractivity contribution in [3.8, 4) is 23.6 Å². The fourth-order valence-corrected chi connectivity index (χ4v) is 2.10. The molecule has 0 fully saturated rings. The van der Waals surface area contributed by atoms with E-state index < -0.39 is 0 Å². The molecule has 4 nitrogen and oxygen atoms in total. The Kier molecular flexibility index (Phi) is 2.99. The zero-order chi connectivity index (χ0) is 15.0. The van der Waals surface area contributed by atoms with Gasteiger partial charge in [-0.3, -0.25) is 4.98 Å². The van der Waals surface area contributed by atoms with E-state index >= 15 is 0 Å². The number of hydrogen-bond acceptors (Lipinski definition) is 3. The van der Waals surface area contributed by atoms with E-state index in [1.54, 1.807) is 10.7 Å². The molecule has 0 radical (unpaired) electrons. The molecule has 0 atom stereocenters. The number of terminal acetylenes is 1. The van der Waals surface area contributed by atoms with Crippen LogP contribution in [0.4, 0.5) is 0 Å². The molecule has 0 bridgehead atoms. The molecule has 1 aliphatic carbocycles. The van der Waals surface area contributed by atoms with Crippen molar-refractivity contribution in [2.24, 2.45) is 0 Å². The Morgan fingerprint density at radius 3 is 2.38 bits per heavy atom. The maximum atomic E-state index is 5.51. The molecule has 2 aromatic rings. The standard InChI is InChI=1S/C12H13N3.C5H3N/c1-5-9-10(12(2,3)4)14-15-8-6-7-13-11(9)15;1-2-5-4(1)3-6-5/h1,6-8H,2-4H3;1-3H. The van der Waals surface area contributed by atoms with Crippen molar-refractivity contribution in [1.82, 2.24) is 19.6 Å². The summed E-state index contributed by atoms with van der Waals surface area (Å²) >= 11 is 0. The highest BCUT2D eigenvalue weighted by Gasteiger charge is 2.23. The molecule has 104 valence electrons. The first kappa shape index (κ1) is 13.3. The zero-order valence-electron chi connectivity index (χ0n) is 12.3. The number of fused-ring (bicyclic) bond motifs is 2. The van der Waals surface area contributed by atoms with Gasteiger partial charge >= 0.3 is 0 Å². The molecule has 0 saturated carbocycles. The van der Waals surface area contributed by atoms with Crippen molar-refractivity contribution >= 4 is 5.65 Å². The Morgan fingerprint density at radius 2 is 1.95 bits per heavy atom. The Hall–Kier alpha value is -2.67. The quantitative estimate of drug-likeness (QED) is 0.464. The summed E-state index contributed by atoms with van der Waals surface area (Å²) in [6, 6.07) is 5.91. The minimum absolute atomic E-state index is 0.0601. The molecule has 3 heterocycles. The summed E-state index contributed by atoms with van der Waals surface area (Å²) in [7, 11) is 0. The summed E-state index contributed by atoms with van der Waals surface area (Å²) in [5, 5.41) is 4.47. The van der Waals surface area contributed by atoms with Crippen LogP contribution >= 0.6 is 0 Å². The third-order valence-corrected chi connectivity index (χ3v) is 3.31. The molecule has 2 aromatic heterocycles. The van der Waals surface area contributed by atoms with Gasteiger partial charge in [-0.1, -0.05) is 26.7 Å². The van der Waals surface area contributed by atoms with E-state index in [4.69, 9.17) is 6.42 Å². The van der Waals surface area contributed by atoms with Crippen LogP contribution < -0.4 is 0 Å². The molecule has 4 rings (SSSR count). The Morgan fingerprint density at radius 1 is 1.19 bits per heavy atom. The molecule has 4 heteroatoms. The molecule has 0 N–H and O–H groups in total. The summed E-state index contributed by atoms with van der Waals surface area (Å²) in [5.41, 5.74) is 4.90. The summed E-state index contributed by atoms with van der Waals surface area (Å²) in [5.74, 6) is 2.68. The van der Waals surface area contributed by atoms with E-state index in [-0.39, 0.29) is 5.41 Å². The van der Waals surface area contributed by atoms with Crippen LogP contribution in [0.5, 0.6) is 0 Å². The molecule has 1 aliphatic heterocycles. The van der Waals surface area contributed by atoms with Gasteiger partial charge in [0.15, 0.2) is 5.65 Å². The topological polar surface area (TPSA) is 43.1 Å². The van der Waals surface area contributed by atoms with Gasteiger partial charge in [0.1, 0.15) is 0 Å². The van der Waals surface area contributed by atoms with Crippen molar-refractivity contribution in [3.05, 3.63) is 48.0 Å². The van der Waals surface area contributed by atoms with Crippen LogP contribution in [0.15, 0.2) is 36.8 Å². The largest absolute Gasteiger partial charge is 0.256 e. The Labute approximate surface area is 123 Å². The van der Waals surface area contributed by atoms with E-state index in [2.05, 4.69) is 47.8 Å². The first-order valence-electron chi connectivity index (χ1n) is 6.77. The van der Waals surface area contributed by atoms with E-state index in [0.29, 0.717) is 0 Å². The van der Waals surface area contributed by atoms with Crippen LogP contribution in [0.2, 0.25) is 0 Å². The highest BCUT2D eigenvalue weighted by Crippen LogP contribution is 2.26. The van der Waals surface area contributed by atoms with Gasteiger partial charge in [-0.25, -0.2) is 9.50 Å². The third kappa shape index (κ3) is 2.27. The van der Waals surface area contributed by atoms with E-state index in [1.807, 2.05) is 24.5 Å². The Bertz CT molecular complexity index is 809. The molecule has 0 unspecified atom stereocenters. The lowest BCUT2D eigenvalue weighted by Gasteiger charge is -2.15. The normalized spacial score (nSPS) is 11.5. The lowest BCUT2D eigenvalue weighted by atomic mass is 9.89. The number of hydrogen-bond donors (Lipinski definition) is 0. The Balaban J connectivity index is 0.000000180. The molecule has 2 aliphatic rings. The number of nitrogens with zero attached hydrogens (tertiary/aromatic N) is 4. The van der Waals surface area contributed by atoms with Gasteiger partial charge in [-0.05, 0) is 18.2 Å². The van der Waals surface area contributed by atoms with E-state index in [0.717, 1.165) is 16.9 Å². The van der Waals surface area contributed by atoms with Crippen LogP contribution in [0, 0.1) is 12.3 Å². The second-order valence-electron chi connectivity index (χ2n) is 5.94. The average Bonchev–Trinajstić information content (AvgIpc) is 2.82. The molecular formula is C17H16N4. The maximum absolute atomic E-state index is 5.51. The van der Waals surface area contributed by atoms with Crippen LogP contribution in [0.25, 0.3) is 16.9 Å². The van der Waals surface area contributed by atoms with Crippen molar-refractivity contribution in [3.63, 3.8) is 0 Å². The smallest absolute Gasteiger partial charge is 0.171 e.